The molecule has 5 aromatic rings. The topological polar surface area (TPSA) is 87.8 Å². The molecule has 1 atom stereocenters. The summed E-state index contributed by atoms with van der Waals surface area (Å²) in [5, 5.41) is 4.68. The van der Waals surface area contributed by atoms with Gasteiger partial charge in [0.15, 0.2) is 5.75 Å². The van der Waals surface area contributed by atoms with Gasteiger partial charge in [0.2, 0.25) is 0 Å². The van der Waals surface area contributed by atoms with Crippen LogP contribution in [0.15, 0.2) is 54.4 Å². The van der Waals surface area contributed by atoms with E-state index in [1.807, 2.05) is 69.0 Å². The molecule has 0 saturated carbocycles. The Kier molecular flexibility index (Phi) is 5.47. The van der Waals surface area contributed by atoms with Crippen molar-refractivity contribution in [1.82, 2.24) is 29.7 Å². The first-order valence-electron chi connectivity index (χ1n) is 10.4. The molecule has 8 nitrogen and oxygen atoms in total. The normalized spacial score (nSPS) is 12.1. The van der Waals surface area contributed by atoms with Gasteiger partial charge in [-0.05, 0) is 13.8 Å². The number of aromatic nitrogens is 6. The second-order valence-corrected chi connectivity index (χ2v) is 8.63. The van der Waals surface area contributed by atoms with Crippen LogP contribution in [0.3, 0.4) is 0 Å². The number of benzene rings is 1. The lowest BCUT2D eigenvalue weighted by Gasteiger charge is -2.16. The van der Waals surface area contributed by atoms with Crippen molar-refractivity contribution in [1.29, 1.82) is 0 Å². The summed E-state index contributed by atoms with van der Waals surface area (Å²) < 4.78 is 13.6. The van der Waals surface area contributed by atoms with Crippen LogP contribution in [0.25, 0.3) is 33.5 Å². The van der Waals surface area contributed by atoms with Crippen molar-refractivity contribution in [3.05, 3.63) is 65.0 Å². The molecule has 166 valence electrons. The maximum Gasteiger partial charge on any atom is 0.258 e. The Balaban J connectivity index is 1.65. The Labute approximate surface area is 194 Å². The predicted molar refractivity (Wildman–Crippen MR) is 127 cm³/mol. The number of ether oxygens (including phenoxy) is 2. The van der Waals surface area contributed by atoms with Gasteiger partial charge >= 0.3 is 0 Å². The fourth-order valence-corrected chi connectivity index (χ4v) is 4.44. The van der Waals surface area contributed by atoms with Gasteiger partial charge in [-0.3, -0.25) is 4.68 Å². The van der Waals surface area contributed by atoms with E-state index in [4.69, 9.17) is 14.5 Å². The average Bonchev–Trinajstić information content (AvgIpc) is 3.44. The number of fused-ring (bicyclic) bond motifs is 1. The monoisotopic (exact) mass is 458 g/mol. The molecule has 1 aromatic carbocycles. The molecule has 0 N–H and O–H groups in total. The van der Waals surface area contributed by atoms with Crippen molar-refractivity contribution in [2.24, 2.45) is 7.05 Å². The highest BCUT2D eigenvalue weighted by atomic mass is 32.1. The molecule has 9 heteroatoms. The summed E-state index contributed by atoms with van der Waals surface area (Å²) in [5.41, 5.74) is 7.33. The Hall–Kier alpha value is -3.85. The van der Waals surface area contributed by atoms with E-state index in [9.17, 15) is 0 Å². The molecule has 0 fully saturated rings. The molecular weight excluding hydrogens is 436 g/mol. The molecule has 4 heterocycles. The highest BCUT2D eigenvalue weighted by Crippen LogP contribution is 2.37. The van der Waals surface area contributed by atoms with Crippen LogP contribution >= 0.6 is 11.3 Å². The summed E-state index contributed by atoms with van der Waals surface area (Å²) in [5.74, 6) is 0.868. The number of thiazole rings is 1. The van der Waals surface area contributed by atoms with Crippen LogP contribution in [0.2, 0.25) is 0 Å². The smallest absolute Gasteiger partial charge is 0.258 e. The number of methoxy groups -OCH3 is 1. The third-order valence-corrected chi connectivity index (χ3v) is 6.12. The first-order valence-corrected chi connectivity index (χ1v) is 11.3. The molecule has 0 aliphatic rings. The van der Waals surface area contributed by atoms with Crippen LogP contribution in [0, 0.1) is 6.92 Å². The van der Waals surface area contributed by atoms with Crippen molar-refractivity contribution in [2.75, 3.05) is 7.11 Å². The Bertz CT molecular complexity index is 1430. The summed E-state index contributed by atoms with van der Waals surface area (Å²) in [6, 6.07) is 11.8. The second kappa shape index (κ2) is 8.59. The SMILES string of the molecule is COc1cc2ncnc(-c3cn(C)nc3-c3ccccc3)c2nc1O[C@H](C)c1ncsc1C. The number of aryl methyl sites for hydroxylation is 2. The minimum absolute atomic E-state index is 0.290. The summed E-state index contributed by atoms with van der Waals surface area (Å²) in [4.78, 5) is 19.4. The van der Waals surface area contributed by atoms with Crippen LogP contribution < -0.4 is 9.47 Å². The molecule has 0 amide bonds. The summed E-state index contributed by atoms with van der Waals surface area (Å²) >= 11 is 1.59. The van der Waals surface area contributed by atoms with Crippen molar-refractivity contribution in [3.63, 3.8) is 0 Å². The van der Waals surface area contributed by atoms with E-state index < -0.39 is 0 Å². The molecule has 0 aliphatic heterocycles. The molecule has 0 aliphatic carbocycles. The van der Waals surface area contributed by atoms with Crippen LogP contribution in [-0.4, -0.2) is 36.8 Å². The van der Waals surface area contributed by atoms with Gasteiger partial charge in [-0.1, -0.05) is 30.3 Å². The maximum atomic E-state index is 6.21. The van der Waals surface area contributed by atoms with E-state index in [0.29, 0.717) is 28.4 Å². The molecule has 4 aromatic heterocycles. The minimum Gasteiger partial charge on any atom is -0.491 e. The average molecular weight is 459 g/mol. The van der Waals surface area contributed by atoms with E-state index in [-0.39, 0.29) is 6.10 Å². The number of nitrogens with zero attached hydrogens (tertiary/aromatic N) is 6. The lowest BCUT2D eigenvalue weighted by molar-refractivity contribution is 0.203. The second-order valence-electron chi connectivity index (χ2n) is 7.57. The van der Waals surface area contributed by atoms with Crippen LogP contribution in [0.1, 0.15) is 23.6 Å². The zero-order valence-electron chi connectivity index (χ0n) is 18.7. The fourth-order valence-electron chi connectivity index (χ4n) is 3.78. The van der Waals surface area contributed by atoms with E-state index in [0.717, 1.165) is 27.4 Å². The van der Waals surface area contributed by atoms with Gasteiger partial charge in [0, 0.05) is 35.3 Å². The lowest BCUT2D eigenvalue weighted by Crippen LogP contribution is -2.08. The molecular formula is C24H22N6O2S. The highest BCUT2D eigenvalue weighted by molar-refractivity contribution is 7.09. The van der Waals surface area contributed by atoms with Crippen molar-refractivity contribution < 1.29 is 9.47 Å². The van der Waals surface area contributed by atoms with Gasteiger partial charge < -0.3 is 9.47 Å². The van der Waals surface area contributed by atoms with Gasteiger partial charge in [-0.2, -0.15) is 5.10 Å². The quantitative estimate of drug-likeness (QED) is 0.354. The van der Waals surface area contributed by atoms with Crippen molar-refractivity contribution in [3.8, 4) is 34.1 Å². The van der Waals surface area contributed by atoms with Crippen molar-refractivity contribution in [2.45, 2.75) is 20.0 Å². The standard InChI is InChI=1S/C24H22N6O2S/c1-14(20-15(2)33-13-27-20)32-24-19(31-4)10-18-23(28-24)22(26-12-25-18)17-11-30(3)29-21(17)16-8-6-5-7-9-16/h5-14H,1-4H3/t14-/m1/s1. The molecule has 0 unspecified atom stereocenters. The molecule has 5 rings (SSSR count). The van der Waals surface area contributed by atoms with Gasteiger partial charge in [0.1, 0.15) is 29.3 Å². The highest BCUT2D eigenvalue weighted by Gasteiger charge is 2.21. The Morgan fingerprint density at radius 3 is 2.61 bits per heavy atom. The summed E-state index contributed by atoms with van der Waals surface area (Å²) in [7, 11) is 3.48. The third kappa shape index (κ3) is 3.91. The lowest BCUT2D eigenvalue weighted by atomic mass is 10.0. The van der Waals surface area contributed by atoms with E-state index in [1.54, 1.807) is 23.1 Å². The number of rotatable bonds is 6. The minimum atomic E-state index is -0.290. The van der Waals surface area contributed by atoms with Crippen LogP contribution in [0.5, 0.6) is 11.6 Å². The number of hydrogen-bond donors (Lipinski definition) is 0. The molecule has 0 radical (unpaired) electrons. The summed E-state index contributed by atoms with van der Waals surface area (Å²) in [6.07, 6.45) is 3.18. The third-order valence-electron chi connectivity index (χ3n) is 5.35. The van der Waals surface area contributed by atoms with E-state index in [2.05, 4.69) is 20.1 Å². The zero-order valence-corrected chi connectivity index (χ0v) is 19.5. The van der Waals surface area contributed by atoms with Crippen molar-refractivity contribution >= 4 is 22.4 Å². The van der Waals surface area contributed by atoms with Crippen LogP contribution in [-0.2, 0) is 7.05 Å². The molecule has 0 bridgehead atoms. The zero-order chi connectivity index (χ0) is 22.9. The number of pyridine rings is 1. The maximum absolute atomic E-state index is 6.21. The molecule has 33 heavy (non-hydrogen) atoms. The van der Waals surface area contributed by atoms with Gasteiger partial charge in [0.25, 0.3) is 5.88 Å². The number of hydrogen-bond acceptors (Lipinski definition) is 8. The van der Waals surface area contributed by atoms with Gasteiger partial charge in [0.05, 0.1) is 23.8 Å². The van der Waals surface area contributed by atoms with Gasteiger partial charge in [-0.15, -0.1) is 11.3 Å². The summed E-state index contributed by atoms with van der Waals surface area (Å²) in [6.45, 7) is 3.97. The van der Waals surface area contributed by atoms with Crippen LogP contribution in [0.4, 0.5) is 0 Å². The Morgan fingerprint density at radius 2 is 1.88 bits per heavy atom. The fraction of sp³-hybridized carbons (Fsp3) is 0.208. The first-order chi connectivity index (χ1) is 16.0. The molecule has 0 saturated heterocycles. The van der Waals surface area contributed by atoms with Gasteiger partial charge in [-0.25, -0.2) is 19.9 Å². The van der Waals surface area contributed by atoms with E-state index in [1.165, 1.54) is 6.33 Å². The first kappa shape index (κ1) is 21.0. The largest absolute Gasteiger partial charge is 0.491 e. The van der Waals surface area contributed by atoms with E-state index >= 15 is 0 Å². The Morgan fingerprint density at radius 1 is 1.06 bits per heavy atom. The predicted octanol–water partition coefficient (Wildman–Crippen LogP) is 5.01. The molecule has 0 spiro atoms.